The first-order chi connectivity index (χ1) is 8.15. The SMILES string of the molecule is CC[C@@H]1CCC[N+]1(C)CC(=O)c1ccccc1. The number of ketones is 1. The molecule has 1 aromatic rings. The van der Waals surface area contributed by atoms with Crippen LogP contribution in [0.1, 0.15) is 36.5 Å². The summed E-state index contributed by atoms with van der Waals surface area (Å²) in [6.45, 7) is 4.04. The smallest absolute Gasteiger partial charge is 0.216 e. The van der Waals surface area contributed by atoms with Crippen molar-refractivity contribution < 1.29 is 9.28 Å². The number of Topliss-reactive ketones (excluding diaryl/α,β-unsaturated/α-hetero) is 1. The Hall–Kier alpha value is -1.15. The van der Waals surface area contributed by atoms with Gasteiger partial charge in [0, 0.05) is 18.4 Å². The van der Waals surface area contributed by atoms with Crippen LogP contribution >= 0.6 is 0 Å². The highest BCUT2D eigenvalue weighted by molar-refractivity contribution is 5.96. The monoisotopic (exact) mass is 232 g/mol. The van der Waals surface area contributed by atoms with Crippen molar-refractivity contribution in [3.63, 3.8) is 0 Å². The first-order valence-corrected chi connectivity index (χ1v) is 6.58. The molecule has 1 heterocycles. The minimum Gasteiger partial charge on any atom is -0.317 e. The van der Waals surface area contributed by atoms with Crippen molar-refractivity contribution in [2.24, 2.45) is 0 Å². The van der Waals surface area contributed by atoms with Crippen LogP contribution in [0.2, 0.25) is 0 Å². The van der Waals surface area contributed by atoms with Crippen molar-refractivity contribution in [2.45, 2.75) is 32.2 Å². The van der Waals surface area contributed by atoms with Crippen LogP contribution in [-0.2, 0) is 0 Å². The Labute approximate surface area is 104 Å². The van der Waals surface area contributed by atoms with Gasteiger partial charge in [-0.2, -0.15) is 0 Å². The van der Waals surface area contributed by atoms with Gasteiger partial charge in [-0.1, -0.05) is 37.3 Å². The van der Waals surface area contributed by atoms with Gasteiger partial charge >= 0.3 is 0 Å². The second kappa shape index (κ2) is 5.01. The first kappa shape index (κ1) is 12.3. The molecule has 1 aliphatic heterocycles. The van der Waals surface area contributed by atoms with Crippen LogP contribution < -0.4 is 0 Å². The van der Waals surface area contributed by atoms with Crippen molar-refractivity contribution in [3.8, 4) is 0 Å². The number of benzene rings is 1. The van der Waals surface area contributed by atoms with E-state index in [1.54, 1.807) is 0 Å². The van der Waals surface area contributed by atoms with E-state index >= 15 is 0 Å². The molecule has 92 valence electrons. The van der Waals surface area contributed by atoms with E-state index in [1.807, 2.05) is 30.3 Å². The number of carbonyl (C=O) groups is 1. The molecule has 17 heavy (non-hydrogen) atoms. The molecule has 0 amide bonds. The molecular weight excluding hydrogens is 210 g/mol. The Morgan fingerprint density at radius 2 is 2.06 bits per heavy atom. The highest BCUT2D eigenvalue weighted by Gasteiger charge is 2.38. The maximum atomic E-state index is 12.3. The largest absolute Gasteiger partial charge is 0.317 e. The number of hydrogen-bond donors (Lipinski definition) is 0. The molecule has 0 bridgehead atoms. The standard InChI is InChI=1S/C15H22NO/c1-3-14-10-7-11-16(14,2)12-15(17)13-8-5-4-6-9-13/h4-6,8-9,14H,3,7,10-12H2,1-2H3/q+1/t14-,16?/m1/s1. The Kier molecular flexibility index (Phi) is 3.63. The zero-order chi connectivity index (χ0) is 12.3. The van der Waals surface area contributed by atoms with E-state index in [1.165, 1.54) is 19.3 Å². The number of quaternary nitrogens is 1. The van der Waals surface area contributed by atoms with E-state index in [0.29, 0.717) is 12.6 Å². The number of nitrogens with zero attached hydrogens (tertiary/aromatic N) is 1. The van der Waals surface area contributed by atoms with Gasteiger partial charge in [0.1, 0.15) is 6.54 Å². The second-order valence-electron chi connectivity index (χ2n) is 5.35. The third-order valence-corrected chi connectivity index (χ3v) is 4.16. The summed E-state index contributed by atoms with van der Waals surface area (Å²) in [5.74, 6) is 0.286. The summed E-state index contributed by atoms with van der Waals surface area (Å²) in [5, 5.41) is 0. The number of hydrogen-bond acceptors (Lipinski definition) is 1. The molecule has 1 saturated heterocycles. The van der Waals surface area contributed by atoms with Crippen LogP contribution in [0.15, 0.2) is 30.3 Å². The van der Waals surface area contributed by atoms with Crippen molar-refractivity contribution in [2.75, 3.05) is 20.1 Å². The van der Waals surface area contributed by atoms with Gasteiger partial charge in [-0.15, -0.1) is 0 Å². The minimum atomic E-state index is 0.286. The third-order valence-electron chi connectivity index (χ3n) is 4.16. The lowest BCUT2D eigenvalue weighted by molar-refractivity contribution is -0.913. The Morgan fingerprint density at radius 3 is 2.71 bits per heavy atom. The van der Waals surface area contributed by atoms with Gasteiger partial charge < -0.3 is 4.48 Å². The van der Waals surface area contributed by atoms with Gasteiger partial charge in [0.15, 0.2) is 0 Å². The molecule has 1 fully saturated rings. The topological polar surface area (TPSA) is 17.1 Å². The van der Waals surface area contributed by atoms with Crippen LogP contribution in [0.4, 0.5) is 0 Å². The van der Waals surface area contributed by atoms with E-state index in [2.05, 4.69) is 14.0 Å². The fourth-order valence-corrected chi connectivity index (χ4v) is 3.08. The fraction of sp³-hybridized carbons (Fsp3) is 0.533. The summed E-state index contributed by atoms with van der Waals surface area (Å²) in [4.78, 5) is 12.3. The van der Waals surface area contributed by atoms with E-state index in [9.17, 15) is 4.79 Å². The predicted octanol–water partition coefficient (Wildman–Crippen LogP) is 2.89. The van der Waals surface area contributed by atoms with Crippen LogP contribution in [-0.4, -0.2) is 36.4 Å². The fourth-order valence-electron chi connectivity index (χ4n) is 3.08. The molecule has 2 atom stereocenters. The lowest BCUT2D eigenvalue weighted by Gasteiger charge is -2.35. The molecule has 0 aliphatic carbocycles. The van der Waals surface area contributed by atoms with Crippen LogP contribution in [0, 0.1) is 0 Å². The second-order valence-corrected chi connectivity index (χ2v) is 5.35. The van der Waals surface area contributed by atoms with E-state index in [-0.39, 0.29) is 5.78 Å². The van der Waals surface area contributed by atoms with Crippen molar-refractivity contribution in [1.82, 2.24) is 0 Å². The highest BCUT2D eigenvalue weighted by Crippen LogP contribution is 2.27. The molecule has 0 aromatic heterocycles. The molecule has 0 N–H and O–H groups in total. The summed E-state index contributed by atoms with van der Waals surface area (Å²) in [5.41, 5.74) is 0.855. The average Bonchev–Trinajstić information content (AvgIpc) is 2.71. The molecule has 1 aliphatic rings. The molecule has 1 aromatic carbocycles. The Morgan fingerprint density at radius 1 is 1.35 bits per heavy atom. The Balaban J connectivity index is 2.08. The molecule has 0 saturated carbocycles. The average molecular weight is 232 g/mol. The quantitative estimate of drug-likeness (QED) is 0.576. The molecule has 2 rings (SSSR count). The maximum absolute atomic E-state index is 12.3. The normalized spacial score (nSPS) is 28.2. The number of carbonyl (C=O) groups excluding carboxylic acids is 1. The van der Waals surface area contributed by atoms with Gasteiger partial charge in [0.25, 0.3) is 0 Å². The molecule has 2 nitrogen and oxygen atoms in total. The minimum absolute atomic E-state index is 0.286. The number of likely N-dealkylation sites (tertiary alicyclic amines) is 1. The molecule has 0 radical (unpaired) electrons. The lowest BCUT2D eigenvalue weighted by atomic mass is 10.1. The van der Waals surface area contributed by atoms with Gasteiger partial charge in [0.2, 0.25) is 5.78 Å². The maximum Gasteiger partial charge on any atom is 0.216 e. The molecule has 0 spiro atoms. The van der Waals surface area contributed by atoms with Crippen LogP contribution in [0.3, 0.4) is 0 Å². The molecular formula is C15H22NO+. The summed E-state index contributed by atoms with van der Waals surface area (Å²) < 4.78 is 0.935. The van der Waals surface area contributed by atoms with Crippen molar-refractivity contribution in [1.29, 1.82) is 0 Å². The zero-order valence-corrected chi connectivity index (χ0v) is 10.9. The van der Waals surface area contributed by atoms with Gasteiger partial charge in [-0.05, 0) is 6.42 Å². The third kappa shape index (κ3) is 2.58. The highest BCUT2D eigenvalue weighted by atomic mass is 16.1. The van der Waals surface area contributed by atoms with Crippen molar-refractivity contribution in [3.05, 3.63) is 35.9 Å². The summed E-state index contributed by atoms with van der Waals surface area (Å²) in [7, 11) is 2.24. The van der Waals surface area contributed by atoms with Crippen molar-refractivity contribution >= 4 is 5.78 Å². The van der Waals surface area contributed by atoms with Crippen LogP contribution in [0.5, 0.6) is 0 Å². The van der Waals surface area contributed by atoms with Gasteiger partial charge in [-0.3, -0.25) is 4.79 Å². The Bertz CT molecular complexity index is 387. The van der Waals surface area contributed by atoms with Crippen LogP contribution in [0.25, 0.3) is 0 Å². The van der Waals surface area contributed by atoms with Gasteiger partial charge in [-0.25, -0.2) is 0 Å². The predicted molar refractivity (Wildman–Crippen MR) is 70.0 cm³/mol. The molecule has 2 heteroatoms. The number of rotatable bonds is 4. The van der Waals surface area contributed by atoms with E-state index in [0.717, 1.165) is 16.6 Å². The summed E-state index contributed by atoms with van der Waals surface area (Å²) in [6.07, 6.45) is 3.71. The first-order valence-electron chi connectivity index (χ1n) is 6.58. The number of likely N-dealkylation sites (N-methyl/N-ethyl adjacent to an activating group) is 1. The van der Waals surface area contributed by atoms with Gasteiger partial charge in [0.05, 0.1) is 19.6 Å². The van der Waals surface area contributed by atoms with E-state index in [4.69, 9.17) is 0 Å². The zero-order valence-electron chi connectivity index (χ0n) is 10.9. The van der Waals surface area contributed by atoms with E-state index < -0.39 is 0 Å². The lowest BCUT2D eigenvalue weighted by Crippen LogP contribution is -2.50. The molecule has 1 unspecified atom stereocenters. The summed E-state index contributed by atoms with van der Waals surface area (Å²) >= 11 is 0. The summed E-state index contributed by atoms with van der Waals surface area (Å²) in [6, 6.07) is 10.3.